The van der Waals surface area contributed by atoms with Crippen LogP contribution in [0.3, 0.4) is 0 Å². The van der Waals surface area contributed by atoms with Crippen LogP contribution in [-0.4, -0.2) is 58.1 Å². The third kappa shape index (κ3) is 5.28. The molecule has 0 radical (unpaired) electrons. The number of nitrogens with one attached hydrogen (secondary N) is 1. The predicted octanol–water partition coefficient (Wildman–Crippen LogP) is -0.789. The van der Waals surface area contributed by atoms with Gasteiger partial charge in [0.15, 0.2) is 0 Å². The van der Waals surface area contributed by atoms with Crippen molar-refractivity contribution in [3.8, 4) is 0 Å². The van der Waals surface area contributed by atoms with Crippen molar-refractivity contribution in [1.82, 2.24) is 10.2 Å². The Balaban J connectivity index is 2.58. The normalized spacial score (nSPS) is 19.6. The van der Waals surface area contributed by atoms with Gasteiger partial charge in [-0.3, -0.25) is 9.59 Å². The second-order valence-corrected chi connectivity index (χ2v) is 4.96. The molecule has 1 heterocycles. The summed E-state index contributed by atoms with van der Waals surface area (Å²) >= 11 is 0. The van der Waals surface area contributed by atoms with Crippen molar-refractivity contribution in [3.05, 3.63) is 0 Å². The highest BCUT2D eigenvalue weighted by Crippen LogP contribution is 2.16. The van der Waals surface area contributed by atoms with Crippen molar-refractivity contribution in [2.24, 2.45) is 11.7 Å². The fourth-order valence-corrected chi connectivity index (χ4v) is 2.16. The fraction of sp³-hybridized carbons (Fsp3) is 0.667. The number of aliphatic carboxylic acids is 2. The van der Waals surface area contributed by atoms with Crippen LogP contribution >= 0.6 is 0 Å². The van der Waals surface area contributed by atoms with Crippen molar-refractivity contribution in [2.75, 3.05) is 13.1 Å². The third-order valence-corrected chi connectivity index (χ3v) is 3.35. The van der Waals surface area contributed by atoms with E-state index in [1.165, 1.54) is 4.90 Å². The highest BCUT2D eigenvalue weighted by atomic mass is 16.4. The maximum absolute atomic E-state index is 12.0. The molecule has 0 aromatic heterocycles. The van der Waals surface area contributed by atoms with E-state index in [1.54, 1.807) is 0 Å². The lowest BCUT2D eigenvalue weighted by Crippen LogP contribution is -2.52. The molecular formula is C12H19N3O6. The van der Waals surface area contributed by atoms with Gasteiger partial charge in [-0.2, -0.15) is 0 Å². The molecule has 0 saturated carbocycles. The van der Waals surface area contributed by atoms with E-state index < -0.39 is 35.8 Å². The molecule has 118 valence electrons. The van der Waals surface area contributed by atoms with Gasteiger partial charge >= 0.3 is 18.0 Å². The van der Waals surface area contributed by atoms with E-state index in [0.29, 0.717) is 19.4 Å². The number of carboxylic acids is 2. The molecule has 3 amide bonds. The summed E-state index contributed by atoms with van der Waals surface area (Å²) in [5.74, 6) is -3.37. The number of urea groups is 1. The van der Waals surface area contributed by atoms with E-state index in [-0.39, 0.29) is 19.4 Å². The number of rotatable bonds is 6. The monoisotopic (exact) mass is 301 g/mol. The van der Waals surface area contributed by atoms with Crippen LogP contribution in [0.1, 0.15) is 25.7 Å². The van der Waals surface area contributed by atoms with Crippen LogP contribution in [0.25, 0.3) is 0 Å². The zero-order valence-electron chi connectivity index (χ0n) is 11.4. The predicted molar refractivity (Wildman–Crippen MR) is 70.3 cm³/mol. The fourth-order valence-electron chi connectivity index (χ4n) is 2.16. The van der Waals surface area contributed by atoms with Gasteiger partial charge in [-0.1, -0.05) is 0 Å². The minimum atomic E-state index is -1.30. The Hall–Kier alpha value is -2.32. The van der Waals surface area contributed by atoms with E-state index in [4.69, 9.17) is 15.9 Å². The van der Waals surface area contributed by atoms with Crippen molar-refractivity contribution in [2.45, 2.75) is 31.7 Å². The van der Waals surface area contributed by atoms with Crippen LogP contribution < -0.4 is 11.1 Å². The number of hydrogen-bond acceptors (Lipinski definition) is 4. The molecule has 0 spiro atoms. The summed E-state index contributed by atoms with van der Waals surface area (Å²) in [6.45, 7) is 0.549. The summed E-state index contributed by atoms with van der Waals surface area (Å²) in [6, 6.07) is -1.90. The number of carbonyl (C=O) groups is 4. The maximum atomic E-state index is 12.0. The van der Waals surface area contributed by atoms with Crippen molar-refractivity contribution >= 4 is 23.9 Å². The van der Waals surface area contributed by atoms with E-state index in [1.807, 2.05) is 0 Å². The molecule has 0 aliphatic carbocycles. The van der Waals surface area contributed by atoms with E-state index in [9.17, 15) is 19.2 Å². The van der Waals surface area contributed by atoms with Gasteiger partial charge in [0.1, 0.15) is 6.04 Å². The highest BCUT2D eigenvalue weighted by molar-refractivity contribution is 5.84. The smallest absolute Gasteiger partial charge is 0.326 e. The summed E-state index contributed by atoms with van der Waals surface area (Å²) in [7, 11) is 0. The molecule has 5 N–H and O–H groups in total. The maximum Gasteiger partial charge on any atom is 0.326 e. The molecule has 1 aliphatic heterocycles. The second-order valence-electron chi connectivity index (χ2n) is 4.96. The zero-order chi connectivity index (χ0) is 16.0. The first-order valence-electron chi connectivity index (χ1n) is 6.60. The van der Waals surface area contributed by atoms with E-state index in [2.05, 4.69) is 5.32 Å². The summed E-state index contributed by atoms with van der Waals surface area (Å²) in [4.78, 5) is 45.9. The topological polar surface area (TPSA) is 150 Å². The number of nitrogens with two attached hydrogens (primary N) is 1. The first-order valence-corrected chi connectivity index (χ1v) is 6.60. The molecule has 0 aromatic carbocycles. The molecule has 9 heteroatoms. The summed E-state index contributed by atoms with van der Waals surface area (Å²) in [5, 5.41) is 19.8. The lowest BCUT2D eigenvalue weighted by molar-refractivity contribution is -0.140. The van der Waals surface area contributed by atoms with Gasteiger partial charge in [0.2, 0.25) is 5.91 Å². The van der Waals surface area contributed by atoms with Gasteiger partial charge < -0.3 is 26.2 Å². The SMILES string of the molecule is NC(=O)C1CCCN(C(=O)N[C@@H](CCC(=O)O)C(=O)O)C1. The summed E-state index contributed by atoms with van der Waals surface area (Å²) in [6.07, 6.45) is 0.638. The van der Waals surface area contributed by atoms with Crippen LogP contribution in [-0.2, 0) is 14.4 Å². The Morgan fingerprint density at radius 2 is 1.95 bits per heavy atom. The largest absolute Gasteiger partial charge is 0.481 e. The molecule has 1 rings (SSSR count). The number of primary amides is 1. The van der Waals surface area contributed by atoms with Gasteiger partial charge in [-0.25, -0.2) is 9.59 Å². The van der Waals surface area contributed by atoms with Gasteiger partial charge in [0, 0.05) is 19.5 Å². The minimum absolute atomic E-state index is 0.145. The number of nitrogens with zero attached hydrogens (tertiary/aromatic N) is 1. The number of carbonyl (C=O) groups excluding carboxylic acids is 2. The molecule has 1 saturated heterocycles. The van der Waals surface area contributed by atoms with Gasteiger partial charge in [0.25, 0.3) is 0 Å². The molecule has 21 heavy (non-hydrogen) atoms. The minimum Gasteiger partial charge on any atom is -0.481 e. The Kier molecular flexibility index (Phi) is 5.94. The lowest BCUT2D eigenvalue weighted by atomic mass is 9.98. The van der Waals surface area contributed by atoms with Crippen LogP contribution in [0.5, 0.6) is 0 Å². The molecule has 2 atom stereocenters. The number of amides is 3. The molecule has 1 unspecified atom stereocenters. The first-order chi connectivity index (χ1) is 9.81. The van der Waals surface area contributed by atoms with Crippen LogP contribution in [0.4, 0.5) is 4.79 Å². The Bertz CT molecular complexity index is 439. The van der Waals surface area contributed by atoms with Gasteiger partial charge in [0.05, 0.1) is 5.92 Å². The number of piperidine rings is 1. The Morgan fingerprint density at radius 1 is 1.29 bits per heavy atom. The molecule has 1 aliphatic rings. The molecule has 0 bridgehead atoms. The van der Waals surface area contributed by atoms with Crippen LogP contribution in [0.2, 0.25) is 0 Å². The first kappa shape index (κ1) is 16.7. The van der Waals surface area contributed by atoms with Gasteiger partial charge in [-0.05, 0) is 19.3 Å². The molecular weight excluding hydrogens is 282 g/mol. The van der Waals surface area contributed by atoms with Crippen molar-refractivity contribution in [3.63, 3.8) is 0 Å². The molecule has 0 aromatic rings. The number of carboxylic acid groups (broad SMARTS) is 2. The van der Waals surface area contributed by atoms with Crippen LogP contribution in [0, 0.1) is 5.92 Å². The van der Waals surface area contributed by atoms with Crippen LogP contribution in [0.15, 0.2) is 0 Å². The quantitative estimate of drug-likeness (QED) is 0.505. The third-order valence-electron chi connectivity index (χ3n) is 3.35. The summed E-state index contributed by atoms with van der Waals surface area (Å²) in [5.41, 5.74) is 5.20. The highest BCUT2D eigenvalue weighted by Gasteiger charge is 2.29. The zero-order valence-corrected chi connectivity index (χ0v) is 11.4. The average Bonchev–Trinajstić information content (AvgIpc) is 2.42. The van der Waals surface area contributed by atoms with E-state index >= 15 is 0 Å². The van der Waals surface area contributed by atoms with Gasteiger partial charge in [-0.15, -0.1) is 0 Å². The standard InChI is InChI=1S/C12H19N3O6/c13-10(18)7-2-1-5-15(6-7)12(21)14-8(11(19)20)3-4-9(16)17/h7-8H,1-6H2,(H2,13,18)(H,14,21)(H,16,17)(H,19,20)/t7?,8-/m0/s1. The second kappa shape index (κ2) is 7.46. The Morgan fingerprint density at radius 3 is 2.48 bits per heavy atom. The molecule has 1 fully saturated rings. The van der Waals surface area contributed by atoms with Crippen molar-refractivity contribution < 1.29 is 29.4 Å². The summed E-state index contributed by atoms with van der Waals surface area (Å²) < 4.78 is 0. The number of hydrogen-bond donors (Lipinski definition) is 4. The average molecular weight is 301 g/mol. The number of likely N-dealkylation sites (tertiary alicyclic amines) is 1. The molecule has 9 nitrogen and oxygen atoms in total. The Labute approximate surface area is 121 Å². The van der Waals surface area contributed by atoms with E-state index in [0.717, 1.165) is 0 Å². The van der Waals surface area contributed by atoms with Crippen molar-refractivity contribution in [1.29, 1.82) is 0 Å². The lowest BCUT2D eigenvalue weighted by Gasteiger charge is -2.32.